The maximum Gasteiger partial charge on any atom is 0.311 e. The van der Waals surface area contributed by atoms with E-state index in [1.54, 1.807) is 0 Å². The van der Waals surface area contributed by atoms with Crippen LogP contribution in [0.15, 0.2) is 23.3 Å². The molecule has 5 nitrogen and oxygen atoms in total. The van der Waals surface area contributed by atoms with Gasteiger partial charge < -0.3 is 4.74 Å². The van der Waals surface area contributed by atoms with Crippen LogP contribution in [-0.2, 0) is 19.1 Å². The molecule has 0 N–H and O–H groups in total. The second kappa shape index (κ2) is 7.67. The molecule has 0 spiro atoms. The molecule has 5 aliphatic rings. The Kier molecular flexibility index (Phi) is 5.47. The Balaban J connectivity index is 1.67. The number of Topliss-reactive ketones (excluding diaryl/α,β-unsaturated/α-hetero) is 1. The summed E-state index contributed by atoms with van der Waals surface area (Å²) in [6, 6.07) is 2.18. The quantitative estimate of drug-likeness (QED) is 0.386. The molecule has 3 saturated carbocycles. The highest BCUT2D eigenvalue weighted by atomic mass is 16.5. The summed E-state index contributed by atoms with van der Waals surface area (Å²) in [5.41, 5.74) is -0.860. The van der Waals surface area contributed by atoms with Crippen LogP contribution in [0.2, 0.25) is 0 Å². The zero-order valence-electron chi connectivity index (χ0n) is 23.9. The van der Waals surface area contributed by atoms with Crippen LogP contribution in [-0.4, -0.2) is 24.6 Å². The fraction of sp³-hybridized carbons (Fsp3) is 0.750. The van der Waals surface area contributed by atoms with E-state index in [1.165, 1.54) is 7.11 Å². The smallest absolute Gasteiger partial charge is 0.311 e. The number of methoxy groups -OCH3 is 1. The van der Waals surface area contributed by atoms with Crippen LogP contribution in [0.3, 0.4) is 0 Å². The highest BCUT2D eigenvalue weighted by molar-refractivity contribution is 6.04. The Labute approximate surface area is 222 Å². The van der Waals surface area contributed by atoms with Crippen molar-refractivity contribution in [1.29, 1.82) is 5.26 Å². The van der Waals surface area contributed by atoms with Crippen molar-refractivity contribution in [3.8, 4) is 6.07 Å². The van der Waals surface area contributed by atoms with Crippen LogP contribution in [0.5, 0.6) is 0 Å². The van der Waals surface area contributed by atoms with Gasteiger partial charge in [0.1, 0.15) is 6.07 Å². The minimum absolute atomic E-state index is 0.0311. The first-order chi connectivity index (χ1) is 17.0. The lowest BCUT2D eigenvalue weighted by atomic mass is 9.34. The van der Waals surface area contributed by atoms with Crippen LogP contribution >= 0.6 is 0 Å². The molecule has 5 rings (SSSR count). The molecule has 3 fully saturated rings. The van der Waals surface area contributed by atoms with Crippen molar-refractivity contribution in [2.75, 3.05) is 7.11 Å². The molecule has 8 atom stereocenters. The predicted molar refractivity (Wildman–Crippen MR) is 141 cm³/mol. The van der Waals surface area contributed by atoms with Gasteiger partial charge in [-0.15, -0.1) is 0 Å². The Morgan fingerprint density at radius 2 is 1.65 bits per heavy atom. The summed E-state index contributed by atoms with van der Waals surface area (Å²) in [6.45, 7) is 15.1. The van der Waals surface area contributed by atoms with E-state index in [0.29, 0.717) is 6.42 Å². The molecule has 0 aromatic rings. The summed E-state index contributed by atoms with van der Waals surface area (Å²) in [5.74, 6) is -0.0607. The van der Waals surface area contributed by atoms with Gasteiger partial charge in [0.25, 0.3) is 0 Å². The number of nitriles is 1. The molecular weight excluding hydrogens is 462 g/mol. The molecule has 8 unspecified atom stereocenters. The Morgan fingerprint density at radius 3 is 2.27 bits per heavy atom. The molecule has 5 heteroatoms. The van der Waals surface area contributed by atoms with E-state index in [4.69, 9.17) is 4.74 Å². The van der Waals surface area contributed by atoms with Crippen molar-refractivity contribution < 1.29 is 19.1 Å². The summed E-state index contributed by atoms with van der Waals surface area (Å²) in [7, 11) is 1.47. The molecule has 0 heterocycles. The lowest BCUT2D eigenvalue weighted by Crippen LogP contribution is -2.64. The van der Waals surface area contributed by atoms with Gasteiger partial charge in [0.15, 0.2) is 11.6 Å². The van der Waals surface area contributed by atoms with Crippen LogP contribution in [0.1, 0.15) is 93.4 Å². The lowest BCUT2D eigenvalue weighted by Gasteiger charge is -2.69. The van der Waals surface area contributed by atoms with Gasteiger partial charge in [-0.25, -0.2) is 0 Å². The minimum Gasteiger partial charge on any atom is -0.469 e. The number of ether oxygens (including phenoxy) is 1. The molecule has 0 amide bonds. The molecule has 0 bridgehead atoms. The summed E-state index contributed by atoms with van der Waals surface area (Å²) in [5, 5.41) is 9.86. The van der Waals surface area contributed by atoms with Gasteiger partial charge in [0.05, 0.1) is 18.1 Å². The second-order valence-electron chi connectivity index (χ2n) is 14.8. The van der Waals surface area contributed by atoms with Gasteiger partial charge in [0, 0.05) is 16.7 Å². The van der Waals surface area contributed by atoms with E-state index in [2.05, 4.69) is 33.8 Å². The first-order valence-electron chi connectivity index (χ1n) is 14.1. The summed E-state index contributed by atoms with van der Waals surface area (Å²) in [6.07, 6.45) is 10.0. The molecule has 5 aliphatic carbocycles. The number of nitrogens with zero attached hydrogens (tertiary/aromatic N) is 1. The Morgan fingerprint density at radius 1 is 1.00 bits per heavy atom. The zero-order chi connectivity index (χ0) is 27.4. The van der Waals surface area contributed by atoms with Gasteiger partial charge in [-0.1, -0.05) is 53.2 Å². The predicted octanol–water partition coefficient (Wildman–Crippen LogP) is 6.38. The maximum absolute atomic E-state index is 14.3. The molecule has 0 saturated heterocycles. The lowest BCUT2D eigenvalue weighted by molar-refractivity contribution is -0.179. The van der Waals surface area contributed by atoms with E-state index >= 15 is 0 Å². The van der Waals surface area contributed by atoms with Crippen molar-refractivity contribution >= 4 is 17.5 Å². The number of fused-ring (bicyclic) bond motifs is 7. The molecule has 200 valence electrons. The first-order valence-corrected chi connectivity index (χ1v) is 14.1. The van der Waals surface area contributed by atoms with Gasteiger partial charge in [-0.3, -0.25) is 14.4 Å². The normalized spacial score (nSPS) is 48.2. The third-order valence-electron chi connectivity index (χ3n) is 12.7. The number of esters is 1. The van der Waals surface area contributed by atoms with Crippen molar-refractivity contribution in [3.05, 3.63) is 23.3 Å². The average molecular weight is 506 g/mol. The topological polar surface area (TPSA) is 84.2 Å². The third-order valence-corrected chi connectivity index (χ3v) is 12.7. The first kappa shape index (κ1) is 26.4. The number of carbonyl (C=O) groups is 3. The van der Waals surface area contributed by atoms with Crippen molar-refractivity contribution in [2.45, 2.75) is 93.4 Å². The van der Waals surface area contributed by atoms with Gasteiger partial charge in [0.2, 0.25) is 0 Å². The Bertz CT molecular complexity index is 1200. The van der Waals surface area contributed by atoms with E-state index in [1.807, 2.05) is 32.9 Å². The monoisotopic (exact) mass is 505 g/mol. The minimum atomic E-state index is -0.658. The van der Waals surface area contributed by atoms with Gasteiger partial charge >= 0.3 is 5.97 Å². The maximum atomic E-state index is 14.3. The van der Waals surface area contributed by atoms with Gasteiger partial charge in [-0.2, -0.15) is 5.26 Å². The van der Waals surface area contributed by atoms with Gasteiger partial charge in [-0.05, 0) is 86.0 Å². The van der Waals surface area contributed by atoms with Crippen LogP contribution in [0, 0.1) is 61.6 Å². The van der Waals surface area contributed by atoms with Crippen molar-refractivity contribution in [1.82, 2.24) is 0 Å². The summed E-state index contributed by atoms with van der Waals surface area (Å²) < 4.78 is 5.22. The van der Waals surface area contributed by atoms with Crippen LogP contribution in [0.4, 0.5) is 0 Å². The number of hydrogen-bond donors (Lipinski definition) is 0. The fourth-order valence-corrected chi connectivity index (χ4v) is 10.2. The molecule has 0 aromatic carbocycles. The fourth-order valence-electron chi connectivity index (χ4n) is 10.2. The van der Waals surface area contributed by atoms with E-state index in [0.717, 1.165) is 44.1 Å². The summed E-state index contributed by atoms with van der Waals surface area (Å²) in [4.78, 5) is 40.4. The van der Waals surface area contributed by atoms with E-state index in [9.17, 15) is 19.6 Å². The number of hydrogen-bond acceptors (Lipinski definition) is 5. The number of ketones is 2. The largest absolute Gasteiger partial charge is 0.469 e. The highest BCUT2D eigenvalue weighted by Crippen LogP contribution is 2.74. The highest BCUT2D eigenvalue weighted by Gasteiger charge is 2.69. The van der Waals surface area contributed by atoms with E-state index < -0.39 is 16.2 Å². The second-order valence-corrected chi connectivity index (χ2v) is 14.8. The van der Waals surface area contributed by atoms with E-state index in [-0.39, 0.29) is 57.1 Å². The summed E-state index contributed by atoms with van der Waals surface area (Å²) >= 11 is 0. The Hall–Kier alpha value is -2.22. The number of rotatable bonds is 1. The van der Waals surface area contributed by atoms with Crippen LogP contribution in [0.25, 0.3) is 0 Å². The number of allylic oxidation sites excluding steroid dienone is 4. The molecule has 0 radical (unpaired) electrons. The SMILES string of the molecule is COC(=O)C1(C)CCC2(C)CCC3(C)C(C(=O)C=C4C5(C)C=C(C#N)C(=O)C(C)(C)C5CCC43C)C2C1. The van der Waals surface area contributed by atoms with Crippen molar-refractivity contribution in [3.63, 3.8) is 0 Å². The molecular formula is C32H43NO4. The molecule has 0 aliphatic heterocycles. The third kappa shape index (κ3) is 3.11. The zero-order valence-corrected chi connectivity index (χ0v) is 23.9. The number of carbonyl (C=O) groups excluding carboxylic acids is 3. The molecule has 0 aromatic heterocycles. The average Bonchev–Trinajstić information content (AvgIpc) is 2.83. The standard InChI is InChI=1S/C32H43NO4/c1-27(2)22-9-10-31(6)23(30(22,5)16-19(18-33)25(27)35)15-21(34)24-20-17-29(4,26(36)37-8)12-11-28(20,3)13-14-32(24,31)7/h15-16,20,22,24H,9-14,17H2,1-8H3. The molecule has 37 heavy (non-hydrogen) atoms. The van der Waals surface area contributed by atoms with Crippen molar-refractivity contribution in [2.24, 2.45) is 50.2 Å². The van der Waals surface area contributed by atoms with Crippen LogP contribution < -0.4 is 0 Å².